The van der Waals surface area contributed by atoms with E-state index in [1.54, 1.807) is 48.6 Å². The van der Waals surface area contributed by atoms with E-state index in [0.717, 1.165) is 16.4 Å². The molecule has 0 aliphatic heterocycles. The van der Waals surface area contributed by atoms with Crippen LogP contribution in [0.2, 0.25) is 0 Å². The van der Waals surface area contributed by atoms with Gasteiger partial charge in [0.2, 0.25) is 0 Å². The maximum Gasteiger partial charge on any atom is 0.274 e. The van der Waals surface area contributed by atoms with Gasteiger partial charge in [-0.1, -0.05) is 22.0 Å². The number of hydrogen-bond donors (Lipinski definition) is 1. The van der Waals surface area contributed by atoms with E-state index in [-0.39, 0.29) is 5.91 Å². The lowest BCUT2D eigenvalue weighted by Crippen LogP contribution is -2.14. The summed E-state index contributed by atoms with van der Waals surface area (Å²) in [6.45, 7) is 0. The Morgan fingerprint density at radius 1 is 1.16 bits per heavy atom. The standard InChI is InChI=1S/C18H14BrFN4O/c1-24(16-8-13(20)10-21-11-16)15-4-2-3-14(9-15)23-18(25)17-7-12(19)5-6-22-17/h2-11H,1H3,(H,23,25). The van der Waals surface area contributed by atoms with Crippen LogP contribution in [0.3, 0.4) is 0 Å². The predicted octanol–water partition coefficient (Wildman–Crippen LogP) is 4.40. The van der Waals surface area contributed by atoms with E-state index < -0.39 is 5.82 Å². The summed E-state index contributed by atoms with van der Waals surface area (Å²) in [5, 5.41) is 2.80. The number of rotatable bonds is 4. The molecule has 0 spiro atoms. The fourth-order valence-corrected chi connectivity index (χ4v) is 2.58. The molecule has 2 aromatic heterocycles. The highest BCUT2D eigenvalue weighted by Gasteiger charge is 2.10. The number of nitrogens with zero attached hydrogens (tertiary/aromatic N) is 3. The van der Waals surface area contributed by atoms with Crippen molar-refractivity contribution in [3.8, 4) is 0 Å². The summed E-state index contributed by atoms with van der Waals surface area (Å²) in [5.74, 6) is -0.719. The van der Waals surface area contributed by atoms with Crippen molar-refractivity contribution in [1.29, 1.82) is 0 Å². The molecule has 0 fully saturated rings. The molecule has 7 heteroatoms. The van der Waals surface area contributed by atoms with Gasteiger partial charge in [-0.05, 0) is 30.3 Å². The Morgan fingerprint density at radius 3 is 2.76 bits per heavy atom. The van der Waals surface area contributed by atoms with Crippen molar-refractivity contribution in [2.45, 2.75) is 0 Å². The van der Waals surface area contributed by atoms with Gasteiger partial charge in [0.1, 0.15) is 11.5 Å². The van der Waals surface area contributed by atoms with E-state index in [1.807, 2.05) is 12.1 Å². The van der Waals surface area contributed by atoms with E-state index in [4.69, 9.17) is 0 Å². The predicted molar refractivity (Wildman–Crippen MR) is 98.6 cm³/mol. The topological polar surface area (TPSA) is 58.1 Å². The minimum atomic E-state index is -0.408. The van der Waals surface area contributed by atoms with Crippen LogP contribution in [-0.4, -0.2) is 22.9 Å². The van der Waals surface area contributed by atoms with Gasteiger partial charge in [0, 0.05) is 35.2 Å². The van der Waals surface area contributed by atoms with Crippen LogP contribution in [0.15, 0.2) is 65.5 Å². The maximum atomic E-state index is 13.4. The number of amides is 1. The number of pyridine rings is 2. The molecule has 0 bridgehead atoms. The molecular formula is C18H14BrFN4O. The van der Waals surface area contributed by atoms with Crippen LogP contribution >= 0.6 is 15.9 Å². The second-order valence-electron chi connectivity index (χ2n) is 5.28. The van der Waals surface area contributed by atoms with Crippen molar-refractivity contribution in [1.82, 2.24) is 9.97 Å². The molecule has 1 amide bonds. The summed E-state index contributed by atoms with van der Waals surface area (Å²) in [6, 6.07) is 12.0. The fourth-order valence-electron chi connectivity index (χ4n) is 2.25. The van der Waals surface area contributed by atoms with Gasteiger partial charge in [-0.2, -0.15) is 0 Å². The third kappa shape index (κ3) is 4.19. The maximum absolute atomic E-state index is 13.4. The number of benzene rings is 1. The lowest BCUT2D eigenvalue weighted by molar-refractivity contribution is 0.102. The molecule has 0 saturated heterocycles. The molecule has 2 heterocycles. The quantitative estimate of drug-likeness (QED) is 0.704. The molecule has 126 valence electrons. The van der Waals surface area contributed by atoms with E-state index in [0.29, 0.717) is 17.1 Å². The van der Waals surface area contributed by atoms with Gasteiger partial charge in [0.15, 0.2) is 0 Å². The molecule has 3 rings (SSSR count). The first kappa shape index (κ1) is 17.0. The average Bonchev–Trinajstić information content (AvgIpc) is 2.61. The number of nitrogens with one attached hydrogen (secondary N) is 1. The molecule has 0 radical (unpaired) electrons. The van der Waals surface area contributed by atoms with Gasteiger partial charge in [0.05, 0.1) is 18.1 Å². The minimum absolute atomic E-state index is 0.308. The third-order valence-corrected chi connectivity index (χ3v) is 4.02. The van der Waals surface area contributed by atoms with Gasteiger partial charge < -0.3 is 10.2 Å². The Labute approximate surface area is 152 Å². The van der Waals surface area contributed by atoms with E-state index in [9.17, 15) is 9.18 Å². The number of hydrogen-bond acceptors (Lipinski definition) is 4. The molecule has 0 atom stereocenters. The van der Waals surface area contributed by atoms with Crippen molar-refractivity contribution >= 4 is 38.9 Å². The molecule has 0 saturated carbocycles. The van der Waals surface area contributed by atoms with Crippen molar-refractivity contribution < 1.29 is 9.18 Å². The van der Waals surface area contributed by atoms with Crippen LogP contribution in [0, 0.1) is 5.82 Å². The number of carbonyl (C=O) groups excluding carboxylic acids is 1. The Morgan fingerprint density at radius 2 is 2.00 bits per heavy atom. The van der Waals surface area contributed by atoms with Gasteiger partial charge in [-0.15, -0.1) is 0 Å². The summed E-state index contributed by atoms with van der Waals surface area (Å²) in [4.78, 5) is 22.0. The van der Waals surface area contributed by atoms with Gasteiger partial charge in [0.25, 0.3) is 5.91 Å². The number of carbonyl (C=O) groups is 1. The second-order valence-corrected chi connectivity index (χ2v) is 6.20. The fraction of sp³-hybridized carbons (Fsp3) is 0.0556. The van der Waals surface area contributed by atoms with Crippen LogP contribution < -0.4 is 10.2 Å². The van der Waals surface area contributed by atoms with Crippen molar-refractivity contribution in [3.05, 3.63) is 77.0 Å². The monoisotopic (exact) mass is 400 g/mol. The highest BCUT2D eigenvalue weighted by atomic mass is 79.9. The van der Waals surface area contributed by atoms with Gasteiger partial charge in [-0.3, -0.25) is 14.8 Å². The summed E-state index contributed by atoms with van der Waals surface area (Å²) in [6.07, 6.45) is 4.28. The van der Waals surface area contributed by atoms with Gasteiger partial charge in [-0.25, -0.2) is 4.39 Å². The van der Waals surface area contributed by atoms with E-state index in [1.165, 1.54) is 6.07 Å². The first-order valence-corrected chi connectivity index (χ1v) is 8.19. The Hall–Kier alpha value is -2.80. The van der Waals surface area contributed by atoms with Crippen LogP contribution in [-0.2, 0) is 0 Å². The Bertz CT molecular complexity index is 919. The largest absolute Gasteiger partial charge is 0.343 e. The third-order valence-electron chi connectivity index (χ3n) is 3.52. The Kier molecular flexibility index (Phi) is 5.04. The molecule has 1 aromatic carbocycles. The molecule has 25 heavy (non-hydrogen) atoms. The average molecular weight is 401 g/mol. The van der Waals surface area contributed by atoms with Crippen LogP contribution in [0.4, 0.5) is 21.5 Å². The summed E-state index contributed by atoms with van der Waals surface area (Å²) < 4.78 is 14.1. The molecule has 0 unspecified atom stereocenters. The highest BCUT2D eigenvalue weighted by Crippen LogP contribution is 2.26. The number of halogens is 2. The molecule has 0 aliphatic rings. The SMILES string of the molecule is CN(c1cncc(F)c1)c1cccc(NC(=O)c2cc(Br)ccn2)c1. The lowest BCUT2D eigenvalue weighted by atomic mass is 10.2. The minimum Gasteiger partial charge on any atom is -0.343 e. The van der Waals surface area contributed by atoms with Gasteiger partial charge >= 0.3 is 0 Å². The van der Waals surface area contributed by atoms with E-state index in [2.05, 4.69) is 31.2 Å². The normalized spacial score (nSPS) is 10.4. The first-order chi connectivity index (χ1) is 12.0. The summed E-state index contributed by atoms with van der Waals surface area (Å²) >= 11 is 3.32. The smallest absolute Gasteiger partial charge is 0.274 e. The van der Waals surface area contributed by atoms with E-state index >= 15 is 0 Å². The van der Waals surface area contributed by atoms with Crippen LogP contribution in [0.1, 0.15) is 10.5 Å². The summed E-state index contributed by atoms with van der Waals surface area (Å²) in [7, 11) is 1.80. The molecule has 0 aliphatic carbocycles. The zero-order valence-corrected chi connectivity index (χ0v) is 14.9. The van der Waals surface area contributed by atoms with Crippen molar-refractivity contribution in [2.24, 2.45) is 0 Å². The lowest BCUT2D eigenvalue weighted by Gasteiger charge is -2.20. The number of anilines is 3. The number of aromatic nitrogens is 2. The van der Waals surface area contributed by atoms with Crippen molar-refractivity contribution in [2.75, 3.05) is 17.3 Å². The molecular weight excluding hydrogens is 387 g/mol. The zero-order chi connectivity index (χ0) is 17.8. The Balaban J connectivity index is 1.80. The first-order valence-electron chi connectivity index (χ1n) is 7.40. The van der Waals surface area contributed by atoms with Crippen molar-refractivity contribution in [3.63, 3.8) is 0 Å². The summed E-state index contributed by atoms with van der Waals surface area (Å²) in [5.41, 5.74) is 2.31. The zero-order valence-electron chi connectivity index (χ0n) is 13.3. The molecule has 3 aromatic rings. The van der Waals surface area contributed by atoms with Crippen LogP contribution in [0.5, 0.6) is 0 Å². The highest BCUT2D eigenvalue weighted by molar-refractivity contribution is 9.10. The molecule has 1 N–H and O–H groups in total. The molecule has 5 nitrogen and oxygen atoms in total. The van der Waals surface area contributed by atoms with Crippen LogP contribution in [0.25, 0.3) is 0 Å². The second kappa shape index (κ2) is 7.40.